The van der Waals surface area contributed by atoms with Crippen LogP contribution >= 0.6 is 11.8 Å². The van der Waals surface area contributed by atoms with Gasteiger partial charge >= 0.3 is 5.97 Å². The number of ether oxygens (including phenoxy) is 2. The second-order valence-corrected chi connectivity index (χ2v) is 5.08. The monoisotopic (exact) mass is 276 g/mol. The van der Waals surface area contributed by atoms with E-state index in [-0.39, 0.29) is 0 Å². The Morgan fingerprint density at radius 2 is 2.28 bits per heavy atom. The van der Waals surface area contributed by atoms with E-state index in [9.17, 15) is 15.0 Å². The van der Waals surface area contributed by atoms with Gasteiger partial charge in [0.2, 0.25) is 0 Å². The van der Waals surface area contributed by atoms with Crippen LogP contribution in [0.15, 0.2) is 4.99 Å². The van der Waals surface area contributed by atoms with Gasteiger partial charge in [0, 0.05) is 6.54 Å². The number of carbonyl (C=O) groups excluding carboxylic acids is 1. The zero-order valence-electron chi connectivity index (χ0n) is 10.1. The zero-order chi connectivity index (χ0) is 13.3. The van der Waals surface area contributed by atoms with Crippen molar-refractivity contribution in [2.45, 2.75) is 36.7 Å². The second-order valence-electron chi connectivity index (χ2n) is 4.00. The molecule has 0 aromatic carbocycles. The third-order valence-electron chi connectivity index (χ3n) is 2.86. The first-order valence-electron chi connectivity index (χ1n) is 5.65. The highest BCUT2D eigenvalue weighted by Crippen LogP contribution is 2.34. The number of hydrogen-bond donors (Lipinski definition) is 3. The summed E-state index contributed by atoms with van der Waals surface area (Å²) in [6, 6.07) is -0.476. The van der Waals surface area contributed by atoms with Crippen LogP contribution in [0.3, 0.4) is 0 Å². The summed E-state index contributed by atoms with van der Waals surface area (Å²) >= 11 is 1.29. The van der Waals surface area contributed by atoms with Crippen LogP contribution in [0.2, 0.25) is 0 Å². The van der Waals surface area contributed by atoms with Gasteiger partial charge in [-0.25, -0.2) is 4.79 Å². The lowest BCUT2D eigenvalue weighted by Gasteiger charge is -2.37. The molecule has 5 unspecified atom stereocenters. The minimum atomic E-state index is -1.31. The summed E-state index contributed by atoms with van der Waals surface area (Å²) in [6.07, 6.45) is -3.58. The molecule has 2 rings (SSSR count). The first-order chi connectivity index (χ1) is 8.58. The molecule has 2 aliphatic rings. The van der Waals surface area contributed by atoms with Gasteiger partial charge in [-0.2, -0.15) is 0 Å². The normalized spacial score (nSPS) is 41.3. The molecular formula is C10H16N2O5S. The minimum absolute atomic E-state index is 0.460. The maximum absolute atomic E-state index is 11.4. The topological polar surface area (TPSA) is 100 Å². The van der Waals surface area contributed by atoms with E-state index in [0.29, 0.717) is 11.7 Å². The molecule has 0 aromatic rings. The molecule has 2 fully saturated rings. The number of nitrogens with zero attached hydrogens (tertiary/aromatic N) is 1. The smallest absolute Gasteiger partial charge is 0.337 e. The fourth-order valence-electron chi connectivity index (χ4n) is 1.94. The van der Waals surface area contributed by atoms with Crippen molar-refractivity contribution < 1.29 is 24.5 Å². The second kappa shape index (κ2) is 5.43. The van der Waals surface area contributed by atoms with Gasteiger partial charge in [0.05, 0.1) is 13.2 Å². The predicted molar refractivity (Wildman–Crippen MR) is 65.2 cm³/mol. The first kappa shape index (κ1) is 13.6. The Bertz CT molecular complexity index is 364. The molecule has 0 spiro atoms. The molecule has 0 amide bonds. The maximum Gasteiger partial charge on any atom is 0.337 e. The number of nitrogens with one attached hydrogen (secondary N) is 1. The molecule has 2 heterocycles. The van der Waals surface area contributed by atoms with E-state index in [1.54, 1.807) is 0 Å². The standard InChI is InChI=1S/C10H16N2O5S/c1-3-11-10-12-4-5(13)6(14)7(8(15)16-2)17-9(4)18-10/h4-7,9,13-14H,3H2,1-2H3,(H,11,12). The minimum Gasteiger partial charge on any atom is -0.467 e. The largest absolute Gasteiger partial charge is 0.467 e. The molecule has 0 radical (unpaired) electrons. The maximum atomic E-state index is 11.4. The van der Waals surface area contributed by atoms with Crippen molar-refractivity contribution in [3.8, 4) is 0 Å². The molecule has 2 saturated heterocycles. The van der Waals surface area contributed by atoms with Crippen molar-refractivity contribution in [1.82, 2.24) is 5.32 Å². The van der Waals surface area contributed by atoms with Gasteiger partial charge in [-0.15, -0.1) is 0 Å². The average molecular weight is 276 g/mol. The van der Waals surface area contributed by atoms with Crippen molar-refractivity contribution in [2.75, 3.05) is 13.7 Å². The zero-order valence-corrected chi connectivity index (χ0v) is 10.9. The quantitative estimate of drug-likeness (QED) is 0.538. The fourth-order valence-corrected chi connectivity index (χ4v) is 3.12. The van der Waals surface area contributed by atoms with Crippen molar-refractivity contribution in [3.63, 3.8) is 0 Å². The highest BCUT2D eigenvalue weighted by Gasteiger charge is 2.51. The van der Waals surface area contributed by atoms with E-state index < -0.39 is 35.8 Å². The number of carbonyl (C=O) groups is 1. The van der Waals surface area contributed by atoms with Gasteiger partial charge in [-0.3, -0.25) is 4.99 Å². The summed E-state index contributed by atoms with van der Waals surface area (Å²) in [6.45, 7) is 2.49. The van der Waals surface area contributed by atoms with E-state index >= 15 is 0 Å². The summed E-state index contributed by atoms with van der Waals surface area (Å²) in [5.74, 6) is -0.693. The molecule has 102 valence electrons. The number of aliphatic hydroxyl groups excluding tert-OH is 2. The predicted octanol–water partition coefficient (Wildman–Crippen LogP) is -1.31. The summed E-state index contributed by atoms with van der Waals surface area (Å²) in [5.41, 5.74) is -0.460. The first-order valence-corrected chi connectivity index (χ1v) is 6.53. The Morgan fingerprint density at radius 1 is 1.56 bits per heavy atom. The van der Waals surface area contributed by atoms with E-state index in [4.69, 9.17) is 4.74 Å². The van der Waals surface area contributed by atoms with Crippen LogP contribution in [0.1, 0.15) is 6.92 Å². The lowest BCUT2D eigenvalue weighted by molar-refractivity contribution is -0.189. The number of aliphatic hydroxyl groups is 2. The molecule has 2 aliphatic heterocycles. The van der Waals surface area contributed by atoms with E-state index in [1.165, 1.54) is 18.9 Å². The van der Waals surface area contributed by atoms with Crippen molar-refractivity contribution in [3.05, 3.63) is 0 Å². The van der Waals surface area contributed by atoms with Gasteiger partial charge in [0.25, 0.3) is 0 Å². The van der Waals surface area contributed by atoms with Crippen LogP contribution in [0.25, 0.3) is 0 Å². The summed E-state index contributed by atoms with van der Waals surface area (Å²) in [4.78, 5) is 15.6. The van der Waals surface area contributed by atoms with Gasteiger partial charge in [-0.1, -0.05) is 11.8 Å². The van der Waals surface area contributed by atoms with Gasteiger partial charge in [-0.05, 0) is 6.92 Å². The fraction of sp³-hybridized carbons (Fsp3) is 0.800. The summed E-state index contributed by atoms with van der Waals surface area (Å²) in [5, 5.41) is 23.4. The summed E-state index contributed by atoms with van der Waals surface area (Å²) in [7, 11) is 1.21. The number of aliphatic imine (C=N–C) groups is 1. The van der Waals surface area contributed by atoms with Crippen LogP contribution in [-0.4, -0.2) is 64.8 Å². The lowest BCUT2D eigenvalue weighted by Crippen LogP contribution is -2.60. The molecule has 5 atom stereocenters. The molecule has 0 aromatic heterocycles. The van der Waals surface area contributed by atoms with Crippen LogP contribution < -0.4 is 5.32 Å². The number of rotatable bonds is 2. The average Bonchev–Trinajstić information content (AvgIpc) is 2.76. The molecule has 0 aliphatic carbocycles. The number of amidine groups is 1. The Morgan fingerprint density at radius 3 is 2.89 bits per heavy atom. The Balaban J connectivity index is 2.13. The Kier molecular flexibility index (Phi) is 4.10. The van der Waals surface area contributed by atoms with Crippen LogP contribution in [0.5, 0.6) is 0 Å². The third kappa shape index (κ3) is 2.33. The Hall–Kier alpha value is -0.830. The summed E-state index contributed by atoms with van der Waals surface area (Å²) < 4.78 is 9.99. The third-order valence-corrected chi connectivity index (χ3v) is 3.96. The van der Waals surface area contributed by atoms with Gasteiger partial charge in [0.15, 0.2) is 11.3 Å². The molecule has 8 heteroatoms. The number of thioether (sulfide) groups is 1. The van der Waals surface area contributed by atoms with Gasteiger partial charge in [0.1, 0.15) is 17.6 Å². The SMILES string of the molecule is CCN=C1NC2C(OC(C(=O)OC)C(O)C2O)S1. The highest BCUT2D eigenvalue weighted by atomic mass is 32.2. The number of hydrogen-bond acceptors (Lipinski definition) is 7. The van der Waals surface area contributed by atoms with E-state index in [1.807, 2.05) is 6.92 Å². The van der Waals surface area contributed by atoms with Crippen molar-refractivity contribution in [2.24, 2.45) is 4.99 Å². The number of esters is 1. The Labute approximate surface area is 109 Å². The lowest BCUT2D eigenvalue weighted by atomic mass is 9.98. The number of fused-ring (bicyclic) bond motifs is 1. The molecular weight excluding hydrogens is 260 g/mol. The molecule has 0 saturated carbocycles. The van der Waals surface area contributed by atoms with Crippen molar-refractivity contribution in [1.29, 1.82) is 0 Å². The van der Waals surface area contributed by atoms with Crippen molar-refractivity contribution >= 4 is 22.9 Å². The molecule has 3 N–H and O–H groups in total. The van der Waals surface area contributed by atoms with Crippen LogP contribution in [0, 0.1) is 0 Å². The van der Waals surface area contributed by atoms with Gasteiger partial charge < -0.3 is 25.0 Å². The molecule has 0 bridgehead atoms. The van der Waals surface area contributed by atoms with Crippen LogP contribution in [-0.2, 0) is 14.3 Å². The molecule has 7 nitrogen and oxygen atoms in total. The van der Waals surface area contributed by atoms with E-state index in [0.717, 1.165) is 0 Å². The van der Waals surface area contributed by atoms with Crippen LogP contribution in [0.4, 0.5) is 0 Å². The molecule has 18 heavy (non-hydrogen) atoms. The highest BCUT2D eigenvalue weighted by molar-refractivity contribution is 8.14. The number of methoxy groups -OCH3 is 1. The van der Waals surface area contributed by atoms with E-state index in [2.05, 4.69) is 15.0 Å².